The van der Waals surface area contributed by atoms with Crippen molar-refractivity contribution in [3.05, 3.63) is 0 Å². The van der Waals surface area contributed by atoms with Gasteiger partial charge in [0.2, 0.25) is 0 Å². The third-order valence-electron chi connectivity index (χ3n) is 0.431. The van der Waals surface area contributed by atoms with Crippen LogP contribution in [0.25, 0.3) is 0 Å². The molecule has 6 heavy (non-hydrogen) atoms. The Hall–Kier alpha value is -0.770. The Morgan fingerprint density at radius 2 is 2.83 bits per heavy atom. The summed E-state index contributed by atoms with van der Waals surface area (Å²) in [5.74, 6) is 0. The molecule has 0 spiro atoms. The maximum absolute atomic E-state index is 9.79. The predicted molar refractivity (Wildman–Crippen MR) is 16.6 cm³/mol. The Kier molecular flexibility index (Phi) is 0.648. The Morgan fingerprint density at radius 1 is 2.00 bits per heavy atom. The Labute approximate surface area is 34.4 Å². The minimum atomic E-state index is -0.532. The van der Waals surface area contributed by atoms with Gasteiger partial charge >= 0.3 is 6.09 Å². The highest BCUT2D eigenvalue weighted by Crippen LogP contribution is 1.78. The van der Waals surface area contributed by atoms with Crippen molar-refractivity contribution in [3.63, 3.8) is 0 Å². The van der Waals surface area contributed by atoms with Crippen LogP contribution in [-0.2, 0) is 4.74 Å². The highest BCUT2D eigenvalue weighted by atomic mass is 16.6. The molecule has 0 bridgehead atoms. The van der Waals surface area contributed by atoms with Gasteiger partial charge in [-0.3, -0.25) is 0 Å². The van der Waals surface area contributed by atoms with E-state index in [9.17, 15) is 4.79 Å². The van der Waals surface area contributed by atoms with E-state index in [0.717, 1.165) is 0 Å². The van der Waals surface area contributed by atoms with E-state index < -0.39 is 6.09 Å². The summed E-state index contributed by atoms with van der Waals surface area (Å²) in [6.07, 6.45) is -0.532. The average Bonchev–Trinajstić information content (AvgIpc) is 1.86. The molecule has 0 aliphatic carbocycles. The van der Waals surface area contributed by atoms with Crippen molar-refractivity contribution in [1.82, 2.24) is 10.9 Å². The molecular formula is C2H3N2O2. The van der Waals surface area contributed by atoms with E-state index in [1.165, 1.54) is 0 Å². The lowest BCUT2D eigenvalue weighted by Gasteiger charge is -1.75. The summed E-state index contributed by atoms with van der Waals surface area (Å²) < 4.78 is 4.24. The number of nitrogens with one attached hydrogen (secondary N) is 1. The van der Waals surface area contributed by atoms with Gasteiger partial charge in [0, 0.05) is 0 Å². The van der Waals surface area contributed by atoms with Gasteiger partial charge in [0.1, 0.15) is 0 Å². The molecule has 1 N–H and O–H groups in total. The average molecular weight is 87.1 g/mol. The molecule has 0 aromatic rings. The summed E-state index contributed by atoms with van der Waals surface area (Å²) in [5, 5.41) is 0. The maximum Gasteiger partial charge on any atom is 0.447 e. The number of carbonyl (C=O) groups is 1. The van der Waals surface area contributed by atoms with Crippen LogP contribution in [0, 0.1) is 0 Å². The van der Waals surface area contributed by atoms with Gasteiger partial charge in [-0.2, -0.15) is 5.43 Å². The van der Waals surface area contributed by atoms with E-state index >= 15 is 0 Å². The van der Waals surface area contributed by atoms with Crippen molar-refractivity contribution in [2.45, 2.75) is 0 Å². The van der Waals surface area contributed by atoms with E-state index in [4.69, 9.17) is 0 Å². The second-order valence-corrected chi connectivity index (χ2v) is 0.824. The van der Waals surface area contributed by atoms with Crippen LogP contribution in [-0.4, -0.2) is 12.8 Å². The number of cyclic esters (lactones) is 1. The molecule has 1 radical (unpaired) electrons. The first-order chi connectivity index (χ1) is 2.89. The summed E-state index contributed by atoms with van der Waals surface area (Å²) in [6, 6.07) is 0. The van der Waals surface area contributed by atoms with Gasteiger partial charge in [-0.15, -0.1) is 5.43 Å². The van der Waals surface area contributed by atoms with E-state index in [1.807, 2.05) is 0 Å². The van der Waals surface area contributed by atoms with Crippen LogP contribution in [0.2, 0.25) is 0 Å². The molecule has 1 rings (SSSR count). The molecule has 0 aromatic heterocycles. The summed E-state index contributed by atoms with van der Waals surface area (Å²) in [6.45, 7) is 0.221. The van der Waals surface area contributed by atoms with Crippen molar-refractivity contribution in [2.75, 3.05) is 6.73 Å². The van der Waals surface area contributed by atoms with Crippen LogP contribution in [0.5, 0.6) is 0 Å². The molecule has 0 aromatic carbocycles. The molecule has 33 valence electrons. The highest BCUT2D eigenvalue weighted by Gasteiger charge is 2.08. The zero-order chi connectivity index (χ0) is 4.41. The molecule has 1 heterocycles. The Balaban J connectivity index is 2.37. The van der Waals surface area contributed by atoms with Crippen LogP contribution in [0.3, 0.4) is 0 Å². The third-order valence-corrected chi connectivity index (χ3v) is 0.431. The van der Waals surface area contributed by atoms with Gasteiger partial charge in [-0.1, -0.05) is 0 Å². The van der Waals surface area contributed by atoms with Gasteiger partial charge in [0.15, 0.2) is 6.73 Å². The molecular weight excluding hydrogens is 84.0 g/mol. The Morgan fingerprint density at radius 3 is 3.00 bits per heavy atom. The third kappa shape index (κ3) is 0.414. The van der Waals surface area contributed by atoms with Crippen LogP contribution in [0.15, 0.2) is 0 Å². The minimum Gasteiger partial charge on any atom is -0.429 e. The van der Waals surface area contributed by atoms with E-state index in [-0.39, 0.29) is 6.73 Å². The molecule has 1 aliphatic rings. The quantitative estimate of drug-likeness (QED) is 0.421. The second kappa shape index (κ2) is 1.14. The van der Waals surface area contributed by atoms with Gasteiger partial charge in [-0.25, -0.2) is 4.79 Å². The summed E-state index contributed by atoms with van der Waals surface area (Å²) >= 11 is 0. The molecule has 1 amide bonds. The standard InChI is InChI=1S/C2H3N2O2/c5-2-4-3-1-6-2/h3H,1H2. The van der Waals surface area contributed by atoms with E-state index in [2.05, 4.69) is 15.6 Å². The van der Waals surface area contributed by atoms with Crippen LogP contribution >= 0.6 is 0 Å². The van der Waals surface area contributed by atoms with Crippen molar-refractivity contribution < 1.29 is 9.53 Å². The molecule has 0 saturated carbocycles. The second-order valence-electron chi connectivity index (χ2n) is 0.824. The van der Waals surface area contributed by atoms with Crippen LogP contribution in [0.1, 0.15) is 0 Å². The number of rotatable bonds is 0. The van der Waals surface area contributed by atoms with Gasteiger partial charge < -0.3 is 4.74 Å². The largest absolute Gasteiger partial charge is 0.447 e. The molecule has 0 unspecified atom stereocenters. The summed E-state index contributed by atoms with van der Waals surface area (Å²) in [4.78, 5) is 9.79. The number of hydrogen-bond donors (Lipinski definition) is 1. The molecule has 4 nitrogen and oxygen atoms in total. The number of carbonyl (C=O) groups excluding carboxylic acids is 1. The van der Waals surface area contributed by atoms with Crippen molar-refractivity contribution in [3.8, 4) is 0 Å². The lowest BCUT2D eigenvalue weighted by molar-refractivity contribution is 0.176. The first-order valence-electron chi connectivity index (χ1n) is 1.50. The monoisotopic (exact) mass is 87.0 g/mol. The maximum atomic E-state index is 9.79. The molecule has 4 heteroatoms. The summed E-state index contributed by atoms with van der Waals surface area (Å²) in [5.41, 5.74) is 5.45. The van der Waals surface area contributed by atoms with Crippen molar-refractivity contribution in [1.29, 1.82) is 0 Å². The SMILES string of the molecule is O=C1[N]NCO1. The predicted octanol–water partition coefficient (Wildman–Crippen LogP) is -0.797. The highest BCUT2D eigenvalue weighted by molar-refractivity contribution is 5.67. The first-order valence-corrected chi connectivity index (χ1v) is 1.50. The van der Waals surface area contributed by atoms with Crippen LogP contribution in [0.4, 0.5) is 4.79 Å². The fourth-order valence-corrected chi connectivity index (χ4v) is 0.223. The van der Waals surface area contributed by atoms with Crippen LogP contribution < -0.4 is 10.9 Å². The normalized spacial score (nSPS) is 19.7. The van der Waals surface area contributed by atoms with Crippen molar-refractivity contribution >= 4 is 6.09 Å². The fraction of sp³-hybridized carbons (Fsp3) is 0.500. The molecule has 0 atom stereocenters. The zero-order valence-electron chi connectivity index (χ0n) is 2.97. The minimum absolute atomic E-state index is 0.221. The van der Waals surface area contributed by atoms with Gasteiger partial charge in [0.05, 0.1) is 0 Å². The van der Waals surface area contributed by atoms with E-state index in [1.54, 1.807) is 0 Å². The van der Waals surface area contributed by atoms with Gasteiger partial charge in [0.25, 0.3) is 0 Å². The first kappa shape index (κ1) is 3.42. The number of hydrogen-bond acceptors (Lipinski definition) is 3. The summed E-state index contributed by atoms with van der Waals surface area (Å²) in [7, 11) is 0. The van der Waals surface area contributed by atoms with Gasteiger partial charge in [-0.05, 0) is 0 Å². The smallest absolute Gasteiger partial charge is 0.429 e. The molecule has 1 fully saturated rings. The number of nitrogens with zero attached hydrogens (tertiary/aromatic N) is 1. The zero-order valence-corrected chi connectivity index (χ0v) is 2.97. The number of ether oxygens (including phenoxy) is 1. The molecule has 1 aliphatic heterocycles. The van der Waals surface area contributed by atoms with Crippen molar-refractivity contribution in [2.24, 2.45) is 0 Å². The lowest BCUT2D eigenvalue weighted by atomic mass is 11.3. The number of amides is 1. The molecule has 1 saturated heterocycles. The van der Waals surface area contributed by atoms with E-state index in [0.29, 0.717) is 0 Å². The lowest BCUT2D eigenvalue weighted by Crippen LogP contribution is -2.15. The fourth-order valence-electron chi connectivity index (χ4n) is 0.223. The topological polar surface area (TPSA) is 52.4 Å². The Bertz CT molecular complexity index is 63.9.